The fraction of sp³-hybridized carbons (Fsp3) is 0.318. The number of hydrogen-bond acceptors (Lipinski definition) is 7. The van der Waals surface area contributed by atoms with Crippen LogP contribution in [0.2, 0.25) is 0 Å². The normalized spacial score (nSPS) is 19.1. The second-order valence-corrected chi connectivity index (χ2v) is 7.28. The maximum Gasteiger partial charge on any atom is 0.231 e. The summed E-state index contributed by atoms with van der Waals surface area (Å²) in [5, 5.41) is 0. The first-order chi connectivity index (χ1) is 14.3. The highest BCUT2D eigenvalue weighted by atomic mass is 16.5. The number of ketones is 1. The summed E-state index contributed by atoms with van der Waals surface area (Å²) < 4.78 is 5.50. The number of carbonyl (C=O) groups excluding carboxylic acids is 2. The van der Waals surface area contributed by atoms with Gasteiger partial charge in [0.1, 0.15) is 23.6 Å². The van der Waals surface area contributed by atoms with Crippen molar-refractivity contribution in [3.8, 4) is 5.75 Å². The number of carbonyl (C=O) groups is 2. The Labute approximate surface area is 175 Å². The largest absolute Gasteiger partial charge is 0.488 e. The molecule has 8 heteroatoms. The summed E-state index contributed by atoms with van der Waals surface area (Å²) in [5.41, 5.74) is 6.73. The monoisotopic (exact) mass is 407 g/mol. The Morgan fingerprint density at radius 3 is 2.80 bits per heavy atom. The summed E-state index contributed by atoms with van der Waals surface area (Å²) in [5.74, 6) is 0.498. The first-order valence-electron chi connectivity index (χ1n) is 9.63. The van der Waals surface area contributed by atoms with Gasteiger partial charge in [-0.2, -0.15) is 0 Å². The zero-order chi connectivity index (χ0) is 21.7. The van der Waals surface area contributed by atoms with Gasteiger partial charge in [0.25, 0.3) is 0 Å². The highest BCUT2D eigenvalue weighted by Gasteiger charge is 2.37. The van der Waals surface area contributed by atoms with Crippen LogP contribution >= 0.6 is 0 Å². The van der Waals surface area contributed by atoms with Crippen molar-refractivity contribution in [1.82, 2.24) is 14.9 Å². The number of rotatable bonds is 7. The number of Topliss-reactive ketones (excluding diaryl/α,β-unsaturated/α-hetero) is 1. The molecule has 3 rings (SSSR count). The van der Waals surface area contributed by atoms with Crippen molar-refractivity contribution in [1.29, 1.82) is 0 Å². The number of guanidine groups is 1. The van der Waals surface area contributed by atoms with Gasteiger partial charge >= 0.3 is 0 Å². The van der Waals surface area contributed by atoms with Gasteiger partial charge in [0.05, 0.1) is 18.3 Å². The average molecular weight is 407 g/mol. The van der Waals surface area contributed by atoms with Crippen LogP contribution in [0.25, 0.3) is 0 Å². The van der Waals surface area contributed by atoms with E-state index in [1.165, 1.54) is 11.1 Å². The van der Waals surface area contributed by atoms with Gasteiger partial charge in [0, 0.05) is 19.7 Å². The van der Waals surface area contributed by atoms with Gasteiger partial charge in [-0.05, 0) is 43.7 Å². The zero-order valence-corrected chi connectivity index (χ0v) is 17.3. The number of aliphatic imine (C=N–C) groups is 1. The van der Waals surface area contributed by atoms with Crippen LogP contribution in [0.5, 0.6) is 5.75 Å². The lowest BCUT2D eigenvalue weighted by Gasteiger charge is -2.32. The fourth-order valence-corrected chi connectivity index (χ4v) is 3.08. The minimum atomic E-state index is -0.864. The molecule has 0 aromatic carbocycles. The average Bonchev–Trinajstić information content (AvgIpc) is 2.73. The number of ether oxygens (including phenoxy) is 1. The van der Waals surface area contributed by atoms with Gasteiger partial charge in [0.2, 0.25) is 5.91 Å². The SMILES string of the molecule is C/C=C/COc1ccc(C(=O)Cc2ccnc(C3(C)CC(=O)N(C)C(N)=N3)c2)nc1. The highest BCUT2D eigenvalue weighted by Crippen LogP contribution is 2.32. The number of allylic oxidation sites excluding steroid dienone is 1. The summed E-state index contributed by atoms with van der Waals surface area (Å²) in [7, 11) is 1.59. The standard InChI is InChI=1S/C22H25N5O3/c1-4-5-10-30-16-6-7-17(25-14-16)18(28)11-15-8-9-24-19(12-15)22(2)13-20(29)27(3)21(23)26-22/h4-9,12,14H,10-11,13H2,1-3H3,(H2,23,26)/b5-4+. The minimum absolute atomic E-state index is 0.125. The fourth-order valence-electron chi connectivity index (χ4n) is 3.08. The topological polar surface area (TPSA) is 111 Å². The van der Waals surface area contributed by atoms with Crippen LogP contribution in [0, 0.1) is 0 Å². The van der Waals surface area contributed by atoms with Crippen molar-refractivity contribution in [2.75, 3.05) is 13.7 Å². The smallest absolute Gasteiger partial charge is 0.231 e. The molecule has 0 spiro atoms. The van der Waals surface area contributed by atoms with Crippen molar-refractivity contribution in [3.63, 3.8) is 0 Å². The molecule has 1 amide bonds. The van der Waals surface area contributed by atoms with Crippen LogP contribution in [0.15, 0.2) is 53.8 Å². The lowest BCUT2D eigenvalue weighted by atomic mass is 9.90. The zero-order valence-electron chi connectivity index (χ0n) is 17.3. The predicted octanol–water partition coefficient (Wildman–Crippen LogP) is 2.25. The molecular weight excluding hydrogens is 382 g/mol. The Balaban J connectivity index is 1.74. The molecule has 2 aromatic heterocycles. The number of nitrogens with zero attached hydrogens (tertiary/aromatic N) is 4. The van der Waals surface area contributed by atoms with E-state index in [0.29, 0.717) is 23.7 Å². The van der Waals surface area contributed by atoms with E-state index in [-0.39, 0.29) is 30.5 Å². The van der Waals surface area contributed by atoms with E-state index in [2.05, 4.69) is 15.0 Å². The van der Waals surface area contributed by atoms with Crippen molar-refractivity contribution in [2.45, 2.75) is 32.2 Å². The van der Waals surface area contributed by atoms with Gasteiger partial charge in [-0.15, -0.1) is 0 Å². The molecule has 1 atom stereocenters. The van der Waals surface area contributed by atoms with Crippen molar-refractivity contribution < 1.29 is 14.3 Å². The Morgan fingerprint density at radius 2 is 2.13 bits per heavy atom. The molecule has 1 aliphatic heterocycles. The van der Waals surface area contributed by atoms with E-state index in [0.717, 1.165) is 5.56 Å². The second kappa shape index (κ2) is 8.86. The first kappa shape index (κ1) is 21.2. The van der Waals surface area contributed by atoms with Gasteiger partial charge in [-0.25, -0.2) is 9.98 Å². The van der Waals surface area contributed by atoms with Gasteiger partial charge in [0.15, 0.2) is 11.7 Å². The lowest BCUT2D eigenvalue weighted by molar-refractivity contribution is -0.128. The maximum absolute atomic E-state index is 12.7. The van der Waals surface area contributed by atoms with E-state index >= 15 is 0 Å². The lowest BCUT2D eigenvalue weighted by Crippen LogP contribution is -2.47. The molecule has 2 N–H and O–H groups in total. The number of aromatic nitrogens is 2. The number of amides is 1. The molecule has 1 aliphatic rings. The van der Waals surface area contributed by atoms with E-state index in [4.69, 9.17) is 10.5 Å². The molecule has 156 valence electrons. The second-order valence-electron chi connectivity index (χ2n) is 7.28. The van der Waals surface area contributed by atoms with Crippen molar-refractivity contribution in [3.05, 3.63) is 65.8 Å². The number of hydrogen-bond donors (Lipinski definition) is 1. The van der Waals surface area contributed by atoms with Crippen molar-refractivity contribution >= 4 is 17.6 Å². The number of pyridine rings is 2. The van der Waals surface area contributed by atoms with E-state index in [1.807, 2.05) is 26.0 Å². The van der Waals surface area contributed by atoms with Crippen LogP contribution in [0.3, 0.4) is 0 Å². The third kappa shape index (κ3) is 4.71. The number of nitrogens with two attached hydrogens (primary N) is 1. The summed E-state index contributed by atoms with van der Waals surface area (Å²) in [6, 6.07) is 6.94. The van der Waals surface area contributed by atoms with Crippen LogP contribution in [0.1, 0.15) is 42.0 Å². The molecule has 0 aliphatic carbocycles. The quantitative estimate of drug-likeness (QED) is 0.557. The highest BCUT2D eigenvalue weighted by molar-refractivity contribution is 5.98. The van der Waals surface area contributed by atoms with Crippen molar-refractivity contribution in [2.24, 2.45) is 10.7 Å². The van der Waals surface area contributed by atoms with Gasteiger partial charge in [-0.3, -0.25) is 19.5 Å². The van der Waals surface area contributed by atoms with E-state index < -0.39 is 5.54 Å². The summed E-state index contributed by atoms with van der Waals surface area (Å²) >= 11 is 0. The van der Waals surface area contributed by atoms with Crippen LogP contribution in [-0.4, -0.2) is 46.2 Å². The van der Waals surface area contributed by atoms with Gasteiger partial charge < -0.3 is 10.5 Å². The van der Waals surface area contributed by atoms with E-state index in [1.54, 1.807) is 37.5 Å². The van der Waals surface area contributed by atoms with E-state index in [9.17, 15) is 9.59 Å². The Hall–Kier alpha value is -3.55. The predicted molar refractivity (Wildman–Crippen MR) is 113 cm³/mol. The first-order valence-corrected chi connectivity index (χ1v) is 9.63. The van der Waals surface area contributed by atoms with Crippen LogP contribution < -0.4 is 10.5 Å². The molecule has 0 fully saturated rings. The molecule has 0 radical (unpaired) electrons. The van der Waals surface area contributed by atoms with Gasteiger partial charge in [-0.1, -0.05) is 12.2 Å². The third-order valence-corrected chi connectivity index (χ3v) is 4.92. The molecule has 3 heterocycles. The van der Waals surface area contributed by atoms with Crippen LogP contribution in [0.4, 0.5) is 0 Å². The summed E-state index contributed by atoms with van der Waals surface area (Å²) in [6.45, 7) is 4.18. The Morgan fingerprint density at radius 1 is 1.33 bits per heavy atom. The third-order valence-electron chi connectivity index (χ3n) is 4.92. The molecule has 8 nitrogen and oxygen atoms in total. The molecule has 30 heavy (non-hydrogen) atoms. The summed E-state index contributed by atoms with van der Waals surface area (Å²) in [4.78, 5) is 39.2. The molecule has 2 aromatic rings. The molecule has 0 saturated heterocycles. The minimum Gasteiger partial charge on any atom is -0.488 e. The molecule has 1 unspecified atom stereocenters. The molecule has 0 saturated carbocycles. The molecular formula is C22H25N5O3. The Kier molecular flexibility index (Phi) is 6.25. The molecule has 0 bridgehead atoms. The summed E-state index contributed by atoms with van der Waals surface area (Å²) in [6.07, 6.45) is 7.25. The van der Waals surface area contributed by atoms with Crippen LogP contribution in [-0.2, 0) is 16.8 Å². The Bertz CT molecular complexity index is 1000. The maximum atomic E-state index is 12.7.